The van der Waals surface area contributed by atoms with Gasteiger partial charge in [0.25, 0.3) is 0 Å². The van der Waals surface area contributed by atoms with Crippen molar-refractivity contribution in [2.45, 2.75) is 63.3 Å². The van der Waals surface area contributed by atoms with Crippen molar-refractivity contribution in [3.05, 3.63) is 54.1 Å². The molecular weight excluding hydrogens is 450 g/mol. The van der Waals surface area contributed by atoms with E-state index in [2.05, 4.69) is 12.2 Å². The quantitative estimate of drug-likeness (QED) is 0.640. The number of rotatable bonds is 7. The van der Waals surface area contributed by atoms with Crippen LogP contribution in [0.2, 0.25) is 0 Å². The summed E-state index contributed by atoms with van der Waals surface area (Å²) in [6, 6.07) is 14.2. The zero-order valence-electron chi connectivity index (χ0n) is 19.9. The molecule has 2 unspecified atom stereocenters. The number of nitrogens with one attached hydrogen (secondary N) is 1. The monoisotopic (exact) mass is 483 g/mol. The second kappa shape index (κ2) is 10.3. The molecule has 2 fully saturated rings. The van der Waals surface area contributed by atoms with Crippen LogP contribution in [-0.4, -0.2) is 43.7 Å². The molecule has 0 aliphatic carbocycles. The van der Waals surface area contributed by atoms with Gasteiger partial charge in [-0.25, -0.2) is 8.42 Å². The lowest BCUT2D eigenvalue weighted by molar-refractivity contribution is -0.122. The van der Waals surface area contributed by atoms with Crippen molar-refractivity contribution in [2.24, 2.45) is 5.92 Å². The molecule has 0 aromatic heterocycles. The zero-order valence-corrected chi connectivity index (χ0v) is 20.7. The summed E-state index contributed by atoms with van der Waals surface area (Å²) >= 11 is 0. The Morgan fingerprint density at radius 3 is 2.38 bits per heavy atom. The van der Waals surface area contributed by atoms with Gasteiger partial charge in [0.2, 0.25) is 21.8 Å². The van der Waals surface area contributed by atoms with E-state index in [1.54, 1.807) is 33.5 Å². The average Bonchev–Trinajstić information content (AvgIpc) is 3.26. The standard InChI is InChI=1S/C26H33N3O4S/c1-3-19-8-12-23(13-9-19)28-18-20(17-25(28)30)26(31)27-21-10-14-24(15-11-21)34(32,33)29-16-6-5-7-22(29)4-2/h8-15,20,22H,3-7,16-18H2,1-2H3,(H,27,31). The molecule has 2 amide bonds. The fraction of sp³-hybridized carbons (Fsp3) is 0.462. The van der Waals surface area contributed by atoms with Gasteiger partial charge in [-0.2, -0.15) is 4.31 Å². The van der Waals surface area contributed by atoms with Crippen LogP contribution in [0.3, 0.4) is 0 Å². The molecule has 2 aliphatic rings. The molecule has 2 aromatic rings. The molecule has 0 bridgehead atoms. The Labute approximate surface area is 202 Å². The summed E-state index contributed by atoms with van der Waals surface area (Å²) in [5.74, 6) is -0.767. The molecule has 182 valence electrons. The number of benzene rings is 2. The summed E-state index contributed by atoms with van der Waals surface area (Å²) < 4.78 is 27.9. The van der Waals surface area contributed by atoms with Gasteiger partial charge in [0.05, 0.1) is 10.8 Å². The molecule has 2 heterocycles. The summed E-state index contributed by atoms with van der Waals surface area (Å²) in [7, 11) is -3.57. The Morgan fingerprint density at radius 1 is 1.03 bits per heavy atom. The molecule has 2 atom stereocenters. The Morgan fingerprint density at radius 2 is 1.74 bits per heavy atom. The van der Waals surface area contributed by atoms with Crippen molar-refractivity contribution in [1.29, 1.82) is 0 Å². The summed E-state index contributed by atoms with van der Waals surface area (Å²) in [5, 5.41) is 2.85. The molecule has 4 rings (SSSR count). The first-order valence-corrected chi connectivity index (χ1v) is 13.6. The molecule has 2 aliphatic heterocycles. The first-order valence-electron chi connectivity index (χ1n) is 12.2. The van der Waals surface area contributed by atoms with Gasteiger partial charge < -0.3 is 10.2 Å². The lowest BCUT2D eigenvalue weighted by atomic mass is 10.0. The van der Waals surface area contributed by atoms with E-state index in [-0.39, 0.29) is 29.2 Å². The smallest absolute Gasteiger partial charge is 0.243 e. The molecule has 34 heavy (non-hydrogen) atoms. The third-order valence-corrected chi connectivity index (χ3v) is 8.89. The van der Waals surface area contributed by atoms with E-state index in [1.165, 1.54) is 5.56 Å². The van der Waals surface area contributed by atoms with Crippen molar-refractivity contribution < 1.29 is 18.0 Å². The highest BCUT2D eigenvalue weighted by Gasteiger charge is 2.35. The fourth-order valence-corrected chi connectivity index (χ4v) is 6.60. The van der Waals surface area contributed by atoms with Crippen LogP contribution >= 0.6 is 0 Å². The van der Waals surface area contributed by atoms with Gasteiger partial charge in [-0.05, 0) is 67.6 Å². The molecule has 0 saturated carbocycles. The van der Waals surface area contributed by atoms with Crippen molar-refractivity contribution in [2.75, 3.05) is 23.3 Å². The van der Waals surface area contributed by atoms with Gasteiger partial charge in [-0.1, -0.05) is 32.4 Å². The van der Waals surface area contributed by atoms with Crippen molar-refractivity contribution in [3.8, 4) is 0 Å². The van der Waals surface area contributed by atoms with Gasteiger partial charge in [-0.15, -0.1) is 0 Å². The van der Waals surface area contributed by atoms with Crippen LogP contribution in [0, 0.1) is 5.92 Å². The lowest BCUT2D eigenvalue weighted by Gasteiger charge is -2.34. The van der Waals surface area contributed by atoms with Crippen molar-refractivity contribution in [3.63, 3.8) is 0 Å². The highest BCUT2D eigenvalue weighted by atomic mass is 32.2. The molecule has 8 heteroatoms. The number of sulfonamides is 1. The summed E-state index contributed by atoms with van der Waals surface area (Å²) in [6.45, 7) is 4.98. The first kappa shape index (κ1) is 24.4. The largest absolute Gasteiger partial charge is 0.326 e. The van der Waals surface area contributed by atoms with Gasteiger partial charge in [0, 0.05) is 36.9 Å². The van der Waals surface area contributed by atoms with E-state index in [0.29, 0.717) is 18.8 Å². The van der Waals surface area contributed by atoms with Crippen LogP contribution in [0.4, 0.5) is 11.4 Å². The van der Waals surface area contributed by atoms with E-state index in [9.17, 15) is 18.0 Å². The van der Waals surface area contributed by atoms with E-state index >= 15 is 0 Å². The molecule has 0 spiro atoms. The minimum Gasteiger partial charge on any atom is -0.326 e. The van der Waals surface area contributed by atoms with Crippen LogP contribution < -0.4 is 10.2 Å². The molecule has 1 N–H and O–H groups in total. The molecule has 2 aromatic carbocycles. The van der Waals surface area contributed by atoms with E-state index in [0.717, 1.165) is 37.8 Å². The van der Waals surface area contributed by atoms with Crippen LogP contribution in [0.15, 0.2) is 53.4 Å². The number of hydrogen-bond donors (Lipinski definition) is 1. The number of hydrogen-bond acceptors (Lipinski definition) is 4. The van der Waals surface area contributed by atoms with Crippen LogP contribution in [0.25, 0.3) is 0 Å². The van der Waals surface area contributed by atoms with Crippen LogP contribution in [0.1, 0.15) is 51.5 Å². The Balaban J connectivity index is 1.40. The number of nitrogens with zero attached hydrogens (tertiary/aromatic N) is 2. The maximum Gasteiger partial charge on any atom is 0.243 e. The fourth-order valence-electron chi connectivity index (χ4n) is 4.83. The Kier molecular flexibility index (Phi) is 7.38. The second-order valence-electron chi connectivity index (χ2n) is 9.11. The maximum absolute atomic E-state index is 13.1. The molecule has 7 nitrogen and oxygen atoms in total. The Bertz CT molecular complexity index is 1130. The highest BCUT2D eigenvalue weighted by molar-refractivity contribution is 7.89. The number of anilines is 2. The summed E-state index contributed by atoms with van der Waals surface area (Å²) in [4.78, 5) is 27.3. The predicted molar refractivity (Wildman–Crippen MR) is 133 cm³/mol. The maximum atomic E-state index is 13.1. The molecular formula is C26H33N3O4S. The van der Waals surface area contributed by atoms with E-state index < -0.39 is 15.9 Å². The van der Waals surface area contributed by atoms with Crippen LogP contribution in [-0.2, 0) is 26.0 Å². The third-order valence-electron chi connectivity index (χ3n) is 6.92. The lowest BCUT2D eigenvalue weighted by Crippen LogP contribution is -2.43. The number of carbonyl (C=O) groups excluding carboxylic acids is 2. The third kappa shape index (κ3) is 5.03. The molecule has 2 saturated heterocycles. The summed E-state index contributed by atoms with van der Waals surface area (Å²) in [5.41, 5.74) is 2.52. The predicted octanol–water partition coefficient (Wildman–Crippen LogP) is 4.19. The summed E-state index contributed by atoms with van der Waals surface area (Å²) in [6.07, 6.45) is 4.71. The van der Waals surface area contributed by atoms with E-state index in [1.807, 2.05) is 31.2 Å². The number of piperidine rings is 1. The zero-order chi connectivity index (χ0) is 24.3. The number of amides is 2. The minimum absolute atomic E-state index is 0.0409. The normalized spacial score (nSPS) is 21.6. The van der Waals surface area contributed by atoms with Gasteiger partial charge in [-0.3, -0.25) is 9.59 Å². The second-order valence-corrected chi connectivity index (χ2v) is 11.0. The van der Waals surface area contributed by atoms with Crippen molar-refractivity contribution in [1.82, 2.24) is 4.31 Å². The van der Waals surface area contributed by atoms with Gasteiger partial charge >= 0.3 is 0 Å². The molecule has 0 radical (unpaired) electrons. The first-order chi connectivity index (χ1) is 16.3. The highest BCUT2D eigenvalue weighted by Crippen LogP contribution is 2.29. The van der Waals surface area contributed by atoms with E-state index in [4.69, 9.17) is 0 Å². The number of aryl methyl sites for hydroxylation is 1. The minimum atomic E-state index is -3.57. The Hall–Kier alpha value is -2.71. The topological polar surface area (TPSA) is 86.8 Å². The van der Waals surface area contributed by atoms with Crippen molar-refractivity contribution >= 4 is 33.2 Å². The van der Waals surface area contributed by atoms with Gasteiger partial charge in [0.15, 0.2) is 0 Å². The van der Waals surface area contributed by atoms with Crippen LogP contribution in [0.5, 0.6) is 0 Å². The number of carbonyl (C=O) groups is 2. The van der Waals surface area contributed by atoms with Gasteiger partial charge in [0.1, 0.15) is 0 Å². The average molecular weight is 484 g/mol. The SMILES string of the molecule is CCc1ccc(N2CC(C(=O)Nc3ccc(S(=O)(=O)N4CCCCC4CC)cc3)CC2=O)cc1.